The zero-order chi connectivity index (χ0) is 26.8. The van der Waals surface area contributed by atoms with Gasteiger partial charge in [0.25, 0.3) is 5.91 Å². The van der Waals surface area contributed by atoms with E-state index >= 15 is 0 Å². The molecular formula is C27H29F3N4O4. The van der Waals surface area contributed by atoms with Crippen LogP contribution in [-0.2, 0) is 9.53 Å². The Morgan fingerprint density at radius 2 is 1.89 bits per heavy atom. The summed E-state index contributed by atoms with van der Waals surface area (Å²) in [5.41, 5.74) is 2.41. The van der Waals surface area contributed by atoms with Crippen LogP contribution in [0.2, 0.25) is 0 Å². The Balaban J connectivity index is 1.34. The van der Waals surface area contributed by atoms with E-state index in [0.29, 0.717) is 55.3 Å². The topological polar surface area (TPSA) is 85.2 Å². The third-order valence-corrected chi connectivity index (χ3v) is 7.43. The Bertz CT molecular complexity index is 1320. The van der Waals surface area contributed by atoms with E-state index in [2.05, 4.69) is 20.1 Å². The summed E-state index contributed by atoms with van der Waals surface area (Å²) in [7, 11) is 1.39. The van der Waals surface area contributed by atoms with E-state index < -0.39 is 12.4 Å². The number of hydrogen-bond donors (Lipinski definition) is 1. The number of nitrogens with one attached hydrogen (secondary N) is 1. The Morgan fingerprint density at radius 1 is 1.11 bits per heavy atom. The lowest BCUT2D eigenvalue weighted by Crippen LogP contribution is -2.38. The van der Waals surface area contributed by atoms with E-state index in [-0.39, 0.29) is 35.6 Å². The molecule has 1 amide bonds. The molecule has 3 heterocycles. The fourth-order valence-electron chi connectivity index (χ4n) is 5.60. The van der Waals surface area contributed by atoms with Crippen molar-refractivity contribution in [3.8, 4) is 5.75 Å². The highest BCUT2D eigenvalue weighted by molar-refractivity contribution is 6.01. The van der Waals surface area contributed by atoms with Gasteiger partial charge >= 0.3 is 12.6 Å². The Hall–Kier alpha value is -3.76. The highest BCUT2D eigenvalue weighted by atomic mass is 19.3. The maximum Gasteiger partial charge on any atom is 0.387 e. The molecule has 2 aliphatic rings. The normalized spacial score (nSPS) is 21.6. The molecule has 5 rings (SSSR count). The van der Waals surface area contributed by atoms with Crippen LogP contribution in [0.4, 0.5) is 18.9 Å². The molecule has 0 unspecified atom stereocenters. The van der Waals surface area contributed by atoms with Crippen LogP contribution in [0, 0.1) is 11.7 Å². The van der Waals surface area contributed by atoms with E-state index in [9.17, 15) is 22.8 Å². The summed E-state index contributed by atoms with van der Waals surface area (Å²) < 4.78 is 50.6. The zero-order valence-electron chi connectivity index (χ0n) is 20.9. The lowest BCUT2D eigenvalue weighted by Gasteiger charge is -2.28. The number of hydrogen-bond acceptors (Lipinski definition) is 6. The minimum Gasteiger partial charge on any atom is -0.469 e. The Kier molecular flexibility index (Phi) is 7.44. The van der Waals surface area contributed by atoms with Crippen LogP contribution < -0.4 is 15.0 Å². The molecule has 2 aromatic heterocycles. The molecule has 3 aromatic rings. The van der Waals surface area contributed by atoms with Gasteiger partial charge < -0.3 is 19.7 Å². The summed E-state index contributed by atoms with van der Waals surface area (Å²) in [5, 5.41) is 7.38. The van der Waals surface area contributed by atoms with Crippen molar-refractivity contribution in [1.82, 2.24) is 14.9 Å². The number of carbonyl (C=O) groups is 2. The number of methoxy groups -OCH3 is 1. The molecule has 0 bridgehead atoms. The molecule has 38 heavy (non-hydrogen) atoms. The van der Waals surface area contributed by atoms with Crippen molar-refractivity contribution in [3.63, 3.8) is 0 Å². The van der Waals surface area contributed by atoms with Crippen LogP contribution in [-0.4, -0.2) is 47.8 Å². The van der Waals surface area contributed by atoms with E-state index in [4.69, 9.17) is 4.74 Å². The summed E-state index contributed by atoms with van der Waals surface area (Å²) in [6.07, 6.45) is 7.54. The lowest BCUT2D eigenvalue weighted by molar-refractivity contribution is -0.146. The largest absolute Gasteiger partial charge is 0.469 e. The first-order valence-electron chi connectivity index (χ1n) is 12.7. The SMILES string of the molecule is COC(=O)C1CCC(NC(=O)c2cnn3ccc(N4CCC[C@@H]4c4cc(F)cc(OC(F)F)c4)cc23)CC1. The second-order valence-corrected chi connectivity index (χ2v) is 9.77. The number of amides is 1. The molecule has 1 saturated carbocycles. The quantitative estimate of drug-likeness (QED) is 0.439. The number of benzene rings is 1. The maximum atomic E-state index is 14.2. The average Bonchev–Trinajstić information content (AvgIpc) is 3.55. The fraction of sp³-hybridized carbons (Fsp3) is 0.444. The highest BCUT2D eigenvalue weighted by Gasteiger charge is 2.30. The van der Waals surface area contributed by atoms with Gasteiger partial charge in [-0.05, 0) is 68.4 Å². The van der Waals surface area contributed by atoms with Crippen molar-refractivity contribution in [3.05, 3.63) is 59.7 Å². The predicted octanol–water partition coefficient (Wildman–Crippen LogP) is 4.88. The molecule has 0 radical (unpaired) electrons. The predicted molar refractivity (Wildman–Crippen MR) is 133 cm³/mol. The number of aromatic nitrogens is 2. The van der Waals surface area contributed by atoms with Gasteiger partial charge in [-0.2, -0.15) is 13.9 Å². The van der Waals surface area contributed by atoms with Crippen molar-refractivity contribution in [2.24, 2.45) is 5.92 Å². The first-order valence-corrected chi connectivity index (χ1v) is 12.7. The van der Waals surface area contributed by atoms with Crippen molar-refractivity contribution >= 4 is 23.1 Å². The number of esters is 1. The number of halogens is 3. The van der Waals surface area contributed by atoms with Gasteiger partial charge in [-0.15, -0.1) is 0 Å². The summed E-state index contributed by atoms with van der Waals surface area (Å²) in [6, 6.07) is 7.19. The second kappa shape index (κ2) is 10.9. The van der Waals surface area contributed by atoms with Gasteiger partial charge in [0.1, 0.15) is 11.6 Å². The standard InChI is InChI=1S/C27H29F3N4O4/c1-37-26(36)16-4-6-19(7-5-16)32-25(35)22-15-31-34-10-8-20(14-24(22)34)33-9-2-3-23(33)17-11-18(28)13-21(12-17)38-27(29)30/h8,10-16,19,23,27H,2-7,9H2,1H3,(H,32,35)/t16?,19?,23-/m1/s1. The van der Waals surface area contributed by atoms with Crippen LogP contribution in [0.1, 0.15) is 60.5 Å². The van der Waals surface area contributed by atoms with Crippen LogP contribution in [0.5, 0.6) is 5.75 Å². The highest BCUT2D eigenvalue weighted by Crippen LogP contribution is 2.38. The molecule has 0 spiro atoms. The summed E-state index contributed by atoms with van der Waals surface area (Å²) >= 11 is 0. The molecule has 1 atom stereocenters. The van der Waals surface area contributed by atoms with Gasteiger partial charge in [-0.3, -0.25) is 9.59 Å². The molecular weight excluding hydrogens is 501 g/mol. The van der Waals surface area contributed by atoms with Gasteiger partial charge in [0.05, 0.1) is 36.3 Å². The van der Waals surface area contributed by atoms with Crippen LogP contribution >= 0.6 is 0 Å². The summed E-state index contributed by atoms with van der Waals surface area (Å²) in [5.74, 6) is -1.43. The minimum atomic E-state index is -3.04. The Labute approximate surface area is 217 Å². The number of fused-ring (bicyclic) bond motifs is 1. The molecule has 2 fully saturated rings. The number of nitrogens with zero attached hydrogens (tertiary/aromatic N) is 3. The minimum absolute atomic E-state index is 0.0397. The zero-order valence-corrected chi connectivity index (χ0v) is 20.9. The van der Waals surface area contributed by atoms with Crippen molar-refractivity contribution in [1.29, 1.82) is 0 Å². The summed E-state index contributed by atoms with van der Waals surface area (Å²) in [4.78, 5) is 27.0. The van der Waals surface area contributed by atoms with Crippen molar-refractivity contribution in [2.45, 2.75) is 57.2 Å². The smallest absolute Gasteiger partial charge is 0.387 e. The molecule has 8 nitrogen and oxygen atoms in total. The number of rotatable bonds is 7. The fourth-order valence-corrected chi connectivity index (χ4v) is 5.60. The van der Waals surface area contributed by atoms with Gasteiger partial charge in [0, 0.05) is 30.5 Å². The van der Waals surface area contributed by atoms with E-state index in [1.807, 2.05) is 12.1 Å². The number of anilines is 1. The summed E-state index contributed by atoms with van der Waals surface area (Å²) in [6.45, 7) is -2.36. The molecule has 1 N–H and O–H groups in total. The first-order chi connectivity index (χ1) is 18.3. The number of carbonyl (C=O) groups excluding carboxylic acids is 2. The van der Waals surface area contributed by atoms with Crippen LogP contribution in [0.3, 0.4) is 0 Å². The third-order valence-electron chi connectivity index (χ3n) is 7.43. The van der Waals surface area contributed by atoms with E-state index in [1.165, 1.54) is 25.4 Å². The van der Waals surface area contributed by atoms with Crippen molar-refractivity contribution in [2.75, 3.05) is 18.6 Å². The van der Waals surface area contributed by atoms with E-state index in [0.717, 1.165) is 18.2 Å². The van der Waals surface area contributed by atoms with Crippen LogP contribution in [0.25, 0.3) is 5.52 Å². The van der Waals surface area contributed by atoms with Gasteiger partial charge in [0.15, 0.2) is 0 Å². The molecule has 1 saturated heterocycles. The number of pyridine rings is 1. The average molecular weight is 531 g/mol. The van der Waals surface area contributed by atoms with E-state index in [1.54, 1.807) is 10.7 Å². The first kappa shape index (κ1) is 25.9. The lowest BCUT2D eigenvalue weighted by atomic mass is 9.86. The molecule has 11 heteroatoms. The Morgan fingerprint density at radius 3 is 2.63 bits per heavy atom. The number of alkyl halides is 2. The molecule has 1 aliphatic carbocycles. The maximum absolute atomic E-state index is 14.2. The van der Waals surface area contributed by atoms with Gasteiger partial charge in [-0.25, -0.2) is 8.91 Å². The molecule has 202 valence electrons. The third kappa shape index (κ3) is 5.41. The molecule has 1 aromatic carbocycles. The monoisotopic (exact) mass is 530 g/mol. The van der Waals surface area contributed by atoms with Gasteiger partial charge in [-0.1, -0.05) is 0 Å². The molecule has 1 aliphatic heterocycles. The second-order valence-electron chi connectivity index (χ2n) is 9.77. The van der Waals surface area contributed by atoms with Crippen molar-refractivity contribution < 1.29 is 32.2 Å². The van der Waals surface area contributed by atoms with Crippen LogP contribution in [0.15, 0.2) is 42.7 Å². The van der Waals surface area contributed by atoms with Gasteiger partial charge in [0.2, 0.25) is 0 Å². The number of ether oxygens (including phenoxy) is 2.